The Hall–Kier alpha value is -1.82. The number of nitrogens with one attached hydrogen (secondary N) is 1. The van der Waals surface area contributed by atoms with Gasteiger partial charge in [0.05, 0.1) is 0 Å². The van der Waals surface area contributed by atoms with Crippen LogP contribution < -0.4 is 16.6 Å². The standard InChI is InChI=1S/C13H21N3O3/c1-9(2)11(5-6-17)15-12(18)8-16-7-10(14)3-4-13(16)19/h3-4,7,9,11,17H,5-6,8,14H2,1-2H3,(H,15,18). The maximum atomic E-state index is 11.9. The summed E-state index contributed by atoms with van der Waals surface area (Å²) in [4.78, 5) is 23.4. The maximum Gasteiger partial charge on any atom is 0.251 e. The monoisotopic (exact) mass is 267 g/mol. The molecule has 0 aliphatic carbocycles. The van der Waals surface area contributed by atoms with E-state index >= 15 is 0 Å². The number of nitrogens with zero attached hydrogens (tertiary/aromatic N) is 1. The normalized spacial score (nSPS) is 12.4. The lowest BCUT2D eigenvalue weighted by Gasteiger charge is -2.21. The van der Waals surface area contributed by atoms with E-state index in [9.17, 15) is 9.59 Å². The third-order valence-electron chi connectivity index (χ3n) is 2.91. The van der Waals surface area contributed by atoms with E-state index in [4.69, 9.17) is 10.8 Å². The first-order chi connectivity index (χ1) is 8.93. The second kappa shape index (κ2) is 6.94. The summed E-state index contributed by atoms with van der Waals surface area (Å²) in [6.45, 7) is 3.88. The van der Waals surface area contributed by atoms with Crippen LogP contribution in [0.3, 0.4) is 0 Å². The Labute approximate surface area is 112 Å². The van der Waals surface area contributed by atoms with Crippen molar-refractivity contribution in [2.45, 2.75) is 32.9 Å². The molecule has 0 aliphatic heterocycles. The van der Waals surface area contributed by atoms with Gasteiger partial charge in [-0.1, -0.05) is 13.8 Å². The first kappa shape index (κ1) is 15.2. The highest BCUT2D eigenvalue weighted by molar-refractivity contribution is 5.76. The van der Waals surface area contributed by atoms with Crippen molar-refractivity contribution < 1.29 is 9.90 Å². The molecule has 0 saturated carbocycles. The molecule has 1 unspecified atom stereocenters. The Balaban J connectivity index is 2.69. The largest absolute Gasteiger partial charge is 0.398 e. The molecule has 4 N–H and O–H groups in total. The van der Waals surface area contributed by atoms with Crippen LogP contribution in [0.25, 0.3) is 0 Å². The molecule has 6 nitrogen and oxygen atoms in total. The van der Waals surface area contributed by atoms with Crippen molar-refractivity contribution in [1.82, 2.24) is 9.88 Å². The van der Waals surface area contributed by atoms with E-state index in [1.54, 1.807) is 0 Å². The predicted octanol–water partition coefficient (Wildman–Crippen LogP) is -0.0463. The fourth-order valence-corrected chi connectivity index (χ4v) is 1.79. The molecular weight excluding hydrogens is 246 g/mol. The molecule has 0 spiro atoms. The van der Waals surface area contributed by atoms with Gasteiger partial charge >= 0.3 is 0 Å². The summed E-state index contributed by atoms with van der Waals surface area (Å²) in [6.07, 6.45) is 1.94. The van der Waals surface area contributed by atoms with Crippen molar-refractivity contribution in [1.29, 1.82) is 0 Å². The number of carbonyl (C=O) groups is 1. The SMILES string of the molecule is CC(C)C(CCO)NC(=O)Cn1cc(N)ccc1=O. The molecule has 106 valence electrons. The number of rotatable bonds is 6. The number of aromatic nitrogens is 1. The van der Waals surface area contributed by atoms with Crippen LogP contribution in [-0.2, 0) is 11.3 Å². The van der Waals surface area contributed by atoms with Crippen LogP contribution in [0.5, 0.6) is 0 Å². The molecule has 0 bridgehead atoms. The van der Waals surface area contributed by atoms with E-state index in [0.29, 0.717) is 12.1 Å². The number of nitrogen functional groups attached to an aromatic ring is 1. The topological polar surface area (TPSA) is 97.3 Å². The average Bonchev–Trinajstić information content (AvgIpc) is 2.33. The summed E-state index contributed by atoms with van der Waals surface area (Å²) in [7, 11) is 0. The van der Waals surface area contributed by atoms with Gasteiger partial charge in [0, 0.05) is 30.6 Å². The first-order valence-corrected chi connectivity index (χ1v) is 6.30. The fourth-order valence-electron chi connectivity index (χ4n) is 1.79. The van der Waals surface area contributed by atoms with Crippen LogP contribution in [0.15, 0.2) is 23.1 Å². The van der Waals surface area contributed by atoms with Crippen molar-refractivity contribution in [2.24, 2.45) is 5.92 Å². The number of carbonyl (C=O) groups excluding carboxylic acids is 1. The zero-order valence-electron chi connectivity index (χ0n) is 11.3. The van der Waals surface area contributed by atoms with Gasteiger partial charge in [-0.15, -0.1) is 0 Å². The van der Waals surface area contributed by atoms with Crippen LogP contribution in [-0.4, -0.2) is 28.2 Å². The van der Waals surface area contributed by atoms with Crippen molar-refractivity contribution >= 4 is 11.6 Å². The fraction of sp³-hybridized carbons (Fsp3) is 0.538. The molecule has 1 heterocycles. The highest BCUT2D eigenvalue weighted by Gasteiger charge is 2.15. The lowest BCUT2D eigenvalue weighted by Crippen LogP contribution is -2.42. The van der Waals surface area contributed by atoms with Gasteiger partial charge in [0.2, 0.25) is 5.91 Å². The van der Waals surface area contributed by atoms with E-state index in [1.165, 1.54) is 22.9 Å². The number of pyridine rings is 1. The summed E-state index contributed by atoms with van der Waals surface area (Å²) in [5.74, 6) is -0.0477. The van der Waals surface area contributed by atoms with Gasteiger partial charge < -0.3 is 20.7 Å². The minimum atomic E-state index is -0.271. The number of nitrogens with two attached hydrogens (primary N) is 1. The molecule has 1 aromatic rings. The minimum Gasteiger partial charge on any atom is -0.398 e. The smallest absolute Gasteiger partial charge is 0.251 e. The zero-order valence-corrected chi connectivity index (χ0v) is 11.3. The van der Waals surface area contributed by atoms with Gasteiger partial charge in [-0.25, -0.2) is 0 Å². The van der Waals surface area contributed by atoms with E-state index in [1.807, 2.05) is 13.8 Å². The summed E-state index contributed by atoms with van der Waals surface area (Å²) in [5, 5.41) is 11.8. The number of hydrogen-bond donors (Lipinski definition) is 3. The van der Waals surface area contributed by atoms with Crippen molar-refractivity contribution in [3.8, 4) is 0 Å². The van der Waals surface area contributed by atoms with E-state index in [2.05, 4.69) is 5.32 Å². The van der Waals surface area contributed by atoms with Crippen molar-refractivity contribution in [2.75, 3.05) is 12.3 Å². The van der Waals surface area contributed by atoms with Gasteiger partial charge in [-0.2, -0.15) is 0 Å². The Bertz CT molecular complexity index is 482. The molecule has 19 heavy (non-hydrogen) atoms. The average molecular weight is 267 g/mol. The maximum absolute atomic E-state index is 11.9. The Morgan fingerprint density at radius 1 is 1.47 bits per heavy atom. The molecule has 0 fully saturated rings. The highest BCUT2D eigenvalue weighted by atomic mass is 16.3. The molecule has 0 aromatic carbocycles. The van der Waals surface area contributed by atoms with E-state index < -0.39 is 0 Å². The number of hydrogen-bond acceptors (Lipinski definition) is 4. The third kappa shape index (κ3) is 4.75. The third-order valence-corrected chi connectivity index (χ3v) is 2.91. The molecule has 6 heteroatoms. The first-order valence-electron chi connectivity index (χ1n) is 6.30. The van der Waals surface area contributed by atoms with Crippen LogP contribution in [0.4, 0.5) is 5.69 Å². The molecular formula is C13H21N3O3. The lowest BCUT2D eigenvalue weighted by atomic mass is 10.0. The molecule has 0 saturated heterocycles. The van der Waals surface area contributed by atoms with Crippen molar-refractivity contribution in [3.63, 3.8) is 0 Å². The molecule has 1 aromatic heterocycles. The molecule has 1 rings (SSSR count). The number of aliphatic hydroxyl groups is 1. The molecule has 1 amide bonds. The predicted molar refractivity (Wildman–Crippen MR) is 73.6 cm³/mol. The summed E-state index contributed by atoms with van der Waals surface area (Å²) >= 11 is 0. The Morgan fingerprint density at radius 3 is 2.74 bits per heavy atom. The zero-order chi connectivity index (χ0) is 14.4. The van der Waals surface area contributed by atoms with Crippen LogP contribution in [0.1, 0.15) is 20.3 Å². The Morgan fingerprint density at radius 2 is 2.16 bits per heavy atom. The lowest BCUT2D eigenvalue weighted by molar-refractivity contribution is -0.122. The van der Waals surface area contributed by atoms with Gasteiger partial charge in [0.25, 0.3) is 5.56 Å². The summed E-state index contributed by atoms with van der Waals surface area (Å²) in [5.41, 5.74) is 5.74. The highest BCUT2D eigenvalue weighted by Crippen LogP contribution is 2.05. The minimum absolute atomic E-state index is 0.0152. The van der Waals surface area contributed by atoms with Crippen LogP contribution in [0.2, 0.25) is 0 Å². The Kier molecular flexibility index (Phi) is 5.57. The summed E-state index contributed by atoms with van der Waals surface area (Å²) < 4.78 is 1.26. The molecule has 1 atom stereocenters. The van der Waals surface area contributed by atoms with Gasteiger partial charge in [-0.05, 0) is 18.4 Å². The van der Waals surface area contributed by atoms with E-state index in [-0.39, 0.29) is 36.6 Å². The summed E-state index contributed by atoms with van der Waals surface area (Å²) in [6, 6.07) is 2.73. The second-order valence-electron chi connectivity index (χ2n) is 4.86. The van der Waals surface area contributed by atoms with Crippen LogP contribution >= 0.6 is 0 Å². The quantitative estimate of drug-likeness (QED) is 0.673. The number of anilines is 1. The van der Waals surface area contributed by atoms with E-state index in [0.717, 1.165) is 0 Å². The van der Waals surface area contributed by atoms with Gasteiger partial charge in [0.1, 0.15) is 6.54 Å². The van der Waals surface area contributed by atoms with Gasteiger partial charge in [-0.3, -0.25) is 9.59 Å². The second-order valence-corrected chi connectivity index (χ2v) is 4.86. The number of amides is 1. The molecule has 0 radical (unpaired) electrons. The van der Waals surface area contributed by atoms with Crippen molar-refractivity contribution in [3.05, 3.63) is 28.7 Å². The van der Waals surface area contributed by atoms with Gasteiger partial charge in [0.15, 0.2) is 0 Å². The van der Waals surface area contributed by atoms with Crippen LogP contribution in [0, 0.1) is 5.92 Å². The number of aliphatic hydroxyl groups excluding tert-OH is 1. The molecule has 0 aliphatic rings.